The molecular formula is C31H34FN3O5. The van der Waals surface area contributed by atoms with Crippen LogP contribution in [0.5, 0.6) is 0 Å². The summed E-state index contributed by atoms with van der Waals surface area (Å²) in [7, 11) is 0. The van der Waals surface area contributed by atoms with E-state index < -0.39 is 47.1 Å². The summed E-state index contributed by atoms with van der Waals surface area (Å²) >= 11 is 0. The molecular weight excluding hydrogens is 513 g/mol. The summed E-state index contributed by atoms with van der Waals surface area (Å²) in [6, 6.07) is 10.3. The minimum absolute atomic E-state index is 0.00283. The number of nitrogens with one attached hydrogen (secondary N) is 1. The minimum atomic E-state index is -0.982. The van der Waals surface area contributed by atoms with Gasteiger partial charge >= 0.3 is 12.1 Å². The molecule has 2 amide bonds. The van der Waals surface area contributed by atoms with Crippen LogP contribution in [0, 0.1) is 23.1 Å². The highest BCUT2D eigenvalue weighted by Gasteiger charge is 2.52. The van der Waals surface area contributed by atoms with E-state index in [1.54, 1.807) is 39.0 Å². The third kappa shape index (κ3) is 5.15. The van der Waals surface area contributed by atoms with Crippen LogP contribution in [-0.4, -0.2) is 46.6 Å². The number of hydrogen-bond acceptors (Lipinski definition) is 6. The molecule has 210 valence electrons. The lowest BCUT2D eigenvalue weighted by Crippen LogP contribution is -2.55. The summed E-state index contributed by atoms with van der Waals surface area (Å²) in [6.07, 6.45) is 1.80. The van der Waals surface area contributed by atoms with Crippen molar-refractivity contribution in [3.8, 4) is 17.2 Å². The number of amides is 2. The smallest absolute Gasteiger partial charge is 0.411 e. The van der Waals surface area contributed by atoms with Crippen LogP contribution < -0.4 is 5.32 Å². The monoisotopic (exact) mass is 547 g/mol. The summed E-state index contributed by atoms with van der Waals surface area (Å²) in [6.45, 7) is 8.97. The summed E-state index contributed by atoms with van der Waals surface area (Å²) in [5, 5.41) is 12.5. The second kappa shape index (κ2) is 9.92. The number of nitrogens with zero attached hydrogens (tertiary/aromatic N) is 2. The highest BCUT2D eigenvalue weighted by Crippen LogP contribution is 2.43. The molecule has 0 aromatic heterocycles. The Morgan fingerprint density at radius 3 is 2.58 bits per heavy atom. The van der Waals surface area contributed by atoms with Gasteiger partial charge in [0.2, 0.25) is 5.91 Å². The van der Waals surface area contributed by atoms with Crippen molar-refractivity contribution in [2.24, 2.45) is 5.92 Å². The molecule has 0 unspecified atom stereocenters. The third-order valence-corrected chi connectivity index (χ3v) is 7.98. The number of halogens is 1. The van der Waals surface area contributed by atoms with Gasteiger partial charge in [-0.15, -0.1) is 0 Å². The van der Waals surface area contributed by atoms with Crippen LogP contribution in [0.25, 0.3) is 11.1 Å². The Morgan fingerprint density at radius 1 is 1.20 bits per heavy atom. The molecule has 2 fully saturated rings. The van der Waals surface area contributed by atoms with E-state index in [2.05, 4.69) is 11.4 Å². The first-order valence-corrected chi connectivity index (χ1v) is 13.7. The zero-order valence-electron chi connectivity index (χ0n) is 23.4. The summed E-state index contributed by atoms with van der Waals surface area (Å²) in [5.74, 6) is -1.35. The van der Waals surface area contributed by atoms with Gasteiger partial charge in [0.1, 0.15) is 29.1 Å². The fraction of sp³-hybridized carbons (Fsp3) is 0.484. The maximum atomic E-state index is 15.2. The molecule has 0 radical (unpaired) electrons. The average molecular weight is 548 g/mol. The van der Waals surface area contributed by atoms with E-state index in [1.807, 2.05) is 26.0 Å². The predicted octanol–water partition coefficient (Wildman–Crippen LogP) is 5.24. The fourth-order valence-corrected chi connectivity index (χ4v) is 6.16. The van der Waals surface area contributed by atoms with Crippen molar-refractivity contribution in [1.29, 1.82) is 5.26 Å². The van der Waals surface area contributed by atoms with Crippen LogP contribution >= 0.6 is 0 Å². The number of hydrogen-bond donors (Lipinski definition) is 1. The Balaban J connectivity index is 1.29. The largest absolute Gasteiger partial charge is 0.451 e. The number of fused-ring (bicyclic) bond motifs is 3. The normalized spacial score (nSPS) is 23.3. The van der Waals surface area contributed by atoms with Crippen LogP contribution in [0.2, 0.25) is 0 Å². The highest BCUT2D eigenvalue weighted by molar-refractivity contribution is 5.96. The Hall–Kier alpha value is -3.93. The number of carbonyl (C=O) groups is 3. The highest BCUT2D eigenvalue weighted by atomic mass is 19.1. The second-order valence-corrected chi connectivity index (χ2v) is 12.4. The Kier molecular flexibility index (Phi) is 6.85. The van der Waals surface area contributed by atoms with Gasteiger partial charge in [-0.05, 0) is 88.6 Å². The molecule has 2 bridgehead atoms. The van der Waals surface area contributed by atoms with Crippen molar-refractivity contribution in [3.05, 3.63) is 58.9 Å². The molecule has 1 N–H and O–H groups in total. The van der Waals surface area contributed by atoms with Crippen LogP contribution in [0.3, 0.4) is 0 Å². The number of piperidine rings is 1. The maximum absolute atomic E-state index is 15.2. The molecule has 2 aliphatic heterocycles. The van der Waals surface area contributed by atoms with Gasteiger partial charge in [-0.25, -0.2) is 14.0 Å². The van der Waals surface area contributed by atoms with Crippen molar-refractivity contribution in [1.82, 2.24) is 10.2 Å². The van der Waals surface area contributed by atoms with Crippen molar-refractivity contribution >= 4 is 18.0 Å². The van der Waals surface area contributed by atoms with Gasteiger partial charge in [0.25, 0.3) is 0 Å². The van der Waals surface area contributed by atoms with Crippen molar-refractivity contribution < 1.29 is 28.2 Å². The number of rotatable bonds is 5. The number of likely N-dealkylation sites (tertiary alicyclic amines) is 1. The van der Waals surface area contributed by atoms with Crippen molar-refractivity contribution in [2.75, 3.05) is 0 Å². The predicted molar refractivity (Wildman–Crippen MR) is 145 cm³/mol. The Morgan fingerprint density at radius 2 is 1.90 bits per heavy atom. The topological polar surface area (TPSA) is 109 Å². The van der Waals surface area contributed by atoms with Crippen molar-refractivity contribution in [2.45, 2.75) is 89.6 Å². The molecule has 9 heteroatoms. The van der Waals surface area contributed by atoms with Crippen LogP contribution in [0.4, 0.5) is 9.18 Å². The van der Waals surface area contributed by atoms with E-state index in [1.165, 1.54) is 11.0 Å². The standard InChI is InChI=1S/C31H34FN3O5/c1-30(2,3)40-29(38)35-22-10-8-20(13-22)26(35)27(36)34-21(16-33)12-19-7-6-18(15-25(19)32)17-9-11-24-23(14-17)28(37)39-31(24,4)5/h6-7,9,11,14-15,20-22,26H,8,10,12-13H2,1-5H3,(H,34,36)/t20-,21-,22+,26-/m0/s1. The molecule has 5 rings (SSSR count). The first kappa shape index (κ1) is 27.6. The number of esters is 1. The van der Waals surface area contributed by atoms with Gasteiger partial charge in [-0.1, -0.05) is 24.3 Å². The third-order valence-electron chi connectivity index (χ3n) is 7.98. The van der Waals surface area contributed by atoms with Gasteiger partial charge in [0.15, 0.2) is 0 Å². The average Bonchev–Trinajstić information content (AvgIpc) is 3.55. The number of ether oxygens (including phenoxy) is 2. The number of carbonyl (C=O) groups excluding carboxylic acids is 3. The van der Waals surface area contributed by atoms with Crippen LogP contribution in [0.15, 0.2) is 36.4 Å². The van der Waals surface area contributed by atoms with Crippen LogP contribution in [0.1, 0.15) is 75.4 Å². The molecule has 2 aromatic rings. The molecule has 1 aliphatic carbocycles. The number of nitriles is 1. The van der Waals surface area contributed by atoms with Crippen LogP contribution in [-0.2, 0) is 26.3 Å². The summed E-state index contributed by atoms with van der Waals surface area (Å²) in [5.41, 5.74) is 1.36. The van der Waals surface area contributed by atoms with E-state index in [9.17, 15) is 19.6 Å². The molecule has 1 saturated carbocycles. The Labute approximate surface area is 233 Å². The van der Waals surface area contributed by atoms with Gasteiger partial charge in [-0.2, -0.15) is 5.26 Å². The lowest BCUT2D eigenvalue weighted by atomic mass is 9.92. The first-order chi connectivity index (χ1) is 18.8. The Bertz CT molecular complexity index is 1420. The van der Waals surface area contributed by atoms with E-state index in [0.717, 1.165) is 24.8 Å². The first-order valence-electron chi connectivity index (χ1n) is 13.7. The van der Waals surface area contributed by atoms with Gasteiger partial charge in [-0.3, -0.25) is 9.69 Å². The van der Waals surface area contributed by atoms with E-state index in [0.29, 0.717) is 16.7 Å². The van der Waals surface area contributed by atoms with E-state index in [4.69, 9.17) is 9.47 Å². The summed E-state index contributed by atoms with van der Waals surface area (Å²) < 4.78 is 26.2. The van der Waals surface area contributed by atoms with E-state index in [-0.39, 0.29) is 23.9 Å². The van der Waals surface area contributed by atoms with Crippen molar-refractivity contribution in [3.63, 3.8) is 0 Å². The second-order valence-electron chi connectivity index (χ2n) is 12.4. The summed E-state index contributed by atoms with van der Waals surface area (Å²) in [4.78, 5) is 40.0. The molecule has 40 heavy (non-hydrogen) atoms. The molecule has 4 atom stereocenters. The lowest BCUT2D eigenvalue weighted by molar-refractivity contribution is -0.128. The molecule has 1 saturated heterocycles. The van der Waals surface area contributed by atoms with Gasteiger partial charge < -0.3 is 14.8 Å². The molecule has 0 spiro atoms. The molecule has 8 nitrogen and oxygen atoms in total. The number of benzene rings is 2. The zero-order valence-corrected chi connectivity index (χ0v) is 23.4. The lowest BCUT2D eigenvalue weighted by Gasteiger charge is -2.35. The quantitative estimate of drug-likeness (QED) is 0.513. The zero-order chi connectivity index (χ0) is 29.0. The number of cyclic esters (lactones) is 1. The minimum Gasteiger partial charge on any atom is -0.451 e. The van der Waals surface area contributed by atoms with Gasteiger partial charge in [0, 0.05) is 18.0 Å². The molecule has 2 heterocycles. The fourth-order valence-electron chi connectivity index (χ4n) is 6.16. The molecule has 2 aromatic carbocycles. The molecule has 3 aliphatic rings. The SMILES string of the molecule is CC(C)(C)OC(=O)N1[C@@H]2CC[C@@H](C2)[C@H]1C(=O)N[C@H](C#N)Cc1ccc(-c2ccc3c(c2)C(=O)OC3(C)C)cc1F. The van der Waals surface area contributed by atoms with Gasteiger partial charge in [0.05, 0.1) is 11.6 Å². The maximum Gasteiger partial charge on any atom is 0.411 e. The van der Waals surface area contributed by atoms with E-state index >= 15 is 4.39 Å².